The normalized spacial score (nSPS) is 19.2. The summed E-state index contributed by atoms with van der Waals surface area (Å²) in [5, 5.41) is 11.4. The maximum atomic E-state index is 13.2. The molecule has 0 unspecified atom stereocenters. The molecule has 1 heterocycles. The Kier molecular flexibility index (Phi) is 9.87. The summed E-state index contributed by atoms with van der Waals surface area (Å²) in [6, 6.07) is 3.78. The summed E-state index contributed by atoms with van der Waals surface area (Å²) in [5.74, 6) is -2.70. The van der Waals surface area contributed by atoms with E-state index in [9.17, 15) is 35.2 Å². The van der Waals surface area contributed by atoms with Crippen LogP contribution in [0.3, 0.4) is 0 Å². The molecule has 3 rings (SSSR count). The molecule has 0 spiro atoms. The average molecular weight is 601 g/mol. The minimum atomic E-state index is -4.46. The molecule has 1 atom stereocenters. The molecule has 1 amide bonds. The summed E-state index contributed by atoms with van der Waals surface area (Å²) < 4.78 is 94.5. The summed E-state index contributed by atoms with van der Waals surface area (Å²) in [6.07, 6.45) is -3.03. The van der Waals surface area contributed by atoms with E-state index >= 15 is 0 Å². The van der Waals surface area contributed by atoms with Gasteiger partial charge in [-0.1, -0.05) is 24.6 Å². The summed E-state index contributed by atoms with van der Waals surface area (Å²) in [4.78, 5) is 12.9. The van der Waals surface area contributed by atoms with E-state index in [0.717, 1.165) is 13.0 Å². The van der Waals surface area contributed by atoms with E-state index in [0.29, 0.717) is 25.7 Å². The van der Waals surface area contributed by atoms with Crippen LogP contribution in [0.5, 0.6) is 5.75 Å². The maximum absolute atomic E-state index is 13.2. The fourth-order valence-electron chi connectivity index (χ4n) is 4.61. The minimum Gasteiger partial charge on any atom is -0.434 e. The van der Waals surface area contributed by atoms with Crippen molar-refractivity contribution in [3.8, 4) is 17.0 Å². The molecule has 0 saturated heterocycles. The number of benzene rings is 1. The number of hydrogen-bond acceptors (Lipinski definition) is 5. The van der Waals surface area contributed by atoms with Crippen molar-refractivity contribution in [2.75, 3.05) is 6.54 Å². The number of carbonyl (C=O) groups is 1. The van der Waals surface area contributed by atoms with Crippen molar-refractivity contribution < 1.29 is 39.9 Å². The number of primary sulfonamides is 1. The highest BCUT2D eigenvalue weighted by Gasteiger charge is 2.36. The van der Waals surface area contributed by atoms with Gasteiger partial charge in [-0.3, -0.25) is 9.48 Å². The van der Waals surface area contributed by atoms with Crippen LogP contribution in [0.4, 0.5) is 22.0 Å². The second kappa shape index (κ2) is 12.4. The van der Waals surface area contributed by atoms with Crippen molar-refractivity contribution in [3.63, 3.8) is 0 Å². The molecule has 1 aliphatic rings. The van der Waals surface area contributed by atoms with Gasteiger partial charge < -0.3 is 10.1 Å². The van der Waals surface area contributed by atoms with Crippen LogP contribution in [0, 0.1) is 11.8 Å². The monoisotopic (exact) mass is 600 g/mol. The fourth-order valence-corrected chi connectivity index (χ4v) is 5.86. The SMILES string of the molecule is CCn1nc(C(=O)NC[C@H]2CC[C@H](S(N)(=O)=O)CC2)c(Cl)c1-c1ccc(C[C@@H](C)C(F)(F)F)cc1OC(F)F. The number of carbonyl (C=O) groups excluding carboxylic acids is 1. The lowest BCUT2D eigenvalue weighted by Crippen LogP contribution is -2.36. The quantitative estimate of drug-likeness (QED) is 0.366. The molecule has 1 aromatic heterocycles. The number of alkyl halides is 5. The Morgan fingerprint density at radius 1 is 1.26 bits per heavy atom. The third-order valence-corrected chi connectivity index (χ3v) is 8.60. The first-order valence-corrected chi connectivity index (χ1v) is 14.3. The predicted octanol–water partition coefficient (Wildman–Crippen LogP) is 5.14. The molecule has 2 aromatic rings. The number of halogens is 6. The van der Waals surface area contributed by atoms with Crippen molar-refractivity contribution in [2.45, 2.75) is 70.5 Å². The Hall–Kier alpha value is -2.45. The van der Waals surface area contributed by atoms with Gasteiger partial charge in [-0.05, 0) is 62.6 Å². The first-order chi connectivity index (χ1) is 18.1. The molecule has 1 aliphatic carbocycles. The molecule has 1 aromatic carbocycles. The maximum Gasteiger partial charge on any atom is 0.391 e. The van der Waals surface area contributed by atoms with Gasteiger partial charge in [0.15, 0.2) is 5.69 Å². The lowest BCUT2D eigenvalue weighted by Gasteiger charge is -2.27. The lowest BCUT2D eigenvalue weighted by molar-refractivity contribution is -0.169. The number of aryl methyl sites for hydroxylation is 1. The van der Waals surface area contributed by atoms with Crippen LogP contribution in [0.2, 0.25) is 5.02 Å². The van der Waals surface area contributed by atoms with Gasteiger partial charge in [0.1, 0.15) is 5.75 Å². The van der Waals surface area contributed by atoms with Crippen LogP contribution in [0.25, 0.3) is 11.3 Å². The topological polar surface area (TPSA) is 116 Å². The van der Waals surface area contributed by atoms with Crippen molar-refractivity contribution in [1.29, 1.82) is 0 Å². The van der Waals surface area contributed by atoms with Crippen LogP contribution >= 0.6 is 11.6 Å². The molecule has 0 radical (unpaired) electrons. The number of rotatable bonds is 10. The highest BCUT2D eigenvalue weighted by Crippen LogP contribution is 2.39. The number of nitrogens with one attached hydrogen (secondary N) is 1. The number of ether oxygens (including phenoxy) is 1. The Labute approximate surface area is 228 Å². The van der Waals surface area contributed by atoms with E-state index < -0.39 is 52.1 Å². The molecular weight excluding hydrogens is 571 g/mol. The van der Waals surface area contributed by atoms with E-state index in [2.05, 4.69) is 15.2 Å². The number of amides is 1. The molecule has 3 N–H and O–H groups in total. The van der Waals surface area contributed by atoms with E-state index in [1.54, 1.807) is 6.92 Å². The molecule has 15 heteroatoms. The van der Waals surface area contributed by atoms with E-state index in [4.69, 9.17) is 16.7 Å². The average Bonchev–Trinajstić information content (AvgIpc) is 3.17. The fraction of sp³-hybridized carbons (Fsp3) is 0.583. The first kappa shape index (κ1) is 31.1. The number of hydrogen-bond donors (Lipinski definition) is 2. The standard InChI is InChI=1S/C24H30ClF5N4O4S/c1-3-34-21(17-9-6-15(10-13(2)24(28,29)30)11-18(17)38-23(26)27)19(25)20(33-34)22(35)32-12-14-4-7-16(8-5-14)39(31,36)37/h6,9,11,13-14,16,23H,3-5,7-8,10,12H2,1-2H3,(H,32,35)(H2,31,36,37)/t13-,14-,16-/m1/s1. The van der Waals surface area contributed by atoms with Crippen molar-refractivity contribution >= 4 is 27.5 Å². The zero-order chi connectivity index (χ0) is 29.1. The van der Waals surface area contributed by atoms with Gasteiger partial charge in [0.25, 0.3) is 5.91 Å². The molecular formula is C24H30ClF5N4O4S. The third kappa shape index (κ3) is 7.82. The van der Waals surface area contributed by atoms with Crippen LogP contribution in [-0.4, -0.2) is 48.7 Å². The minimum absolute atomic E-state index is 0.0242. The molecule has 1 saturated carbocycles. The number of aromatic nitrogens is 2. The molecule has 1 fully saturated rings. The second-order valence-corrected chi connectivity index (χ2v) is 11.8. The van der Waals surface area contributed by atoms with Gasteiger partial charge in [0.2, 0.25) is 10.0 Å². The summed E-state index contributed by atoms with van der Waals surface area (Å²) in [7, 11) is -3.61. The van der Waals surface area contributed by atoms with Crippen molar-refractivity contribution in [3.05, 3.63) is 34.5 Å². The second-order valence-electron chi connectivity index (χ2n) is 9.62. The van der Waals surface area contributed by atoms with Gasteiger partial charge >= 0.3 is 12.8 Å². The largest absolute Gasteiger partial charge is 0.434 e. The number of nitrogens with two attached hydrogens (primary N) is 1. The third-order valence-electron chi connectivity index (χ3n) is 6.84. The van der Waals surface area contributed by atoms with E-state index in [1.165, 1.54) is 16.8 Å². The van der Waals surface area contributed by atoms with Gasteiger partial charge in [0, 0.05) is 18.7 Å². The summed E-state index contributed by atoms with van der Waals surface area (Å²) >= 11 is 6.50. The molecule has 39 heavy (non-hydrogen) atoms. The van der Waals surface area contributed by atoms with Crippen LogP contribution < -0.4 is 15.2 Å². The van der Waals surface area contributed by atoms with Crippen LogP contribution in [-0.2, 0) is 23.0 Å². The summed E-state index contributed by atoms with van der Waals surface area (Å²) in [5.41, 5.74) is 0.111. The van der Waals surface area contributed by atoms with Gasteiger partial charge in [0.05, 0.1) is 21.9 Å². The Balaban J connectivity index is 1.83. The first-order valence-electron chi connectivity index (χ1n) is 12.3. The van der Waals surface area contributed by atoms with Crippen molar-refractivity contribution in [2.24, 2.45) is 17.0 Å². The Morgan fingerprint density at radius 2 is 1.90 bits per heavy atom. The van der Waals surface area contributed by atoms with Crippen LogP contribution in [0.1, 0.15) is 55.6 Å². The van der Waals surface area contributed by atoms with Gasteiger partial charge in [-0.15, -0.1) is 0 Å². The highest BCUT2D eigenvalue weighted by atomic mass is 35.5. The zero-order valence-corrected chi connectivity index (χ0v) is 22.8. The number of nitrogens with zero attached hydrogens (tertiary/aromatic N) is 2. The van der Waals surface area contributed by atoms with Crippen molar-refractivity contribution in [1.82, 2.24) is 15.1 Å². The molecule has 0 bridgehead atoms. The van der Waals surface area contributed by atoms with E-state index in [-0.39, 0.29) is 46.5 Å². The van der Waals surface area contributed by atoms with E-state index in [1.807, 2.05) is 0 Å². The zero-order valence-electron chi connectivity index (χ0n) is 21.3. The van der Waals surface area contributed by atoms with Gasteiger partial charge in [-0.25, -0.2) is 13.6 Å². The highest BCUT2D eigenvalue weighted by molar-refractivity contribution is 7.89. The Bertz CT molecular complexity index is 1280. The summed E-state index contributed by atoms with van der Waals surface area (Å²) in [6.45, 7) is -0.150. The Morgan fingerprint density at radius 3 is 2.44 bits per heavy atom. The molecule has 218 valence electrons. The molecule has 0 aliphatic heterocycles. The number of sulfonamides is 1. The lowest BCUT2D eigenvalue weighted by atomic mass is 9.89. The van der Waals surface area contributed by atoms with Crippen LogP contribution in [0.15, 0.2) is 18.2 Å². The predicted molar refractivity (Wildman–Crippen MR) is 135 cm³/mol. The smallest absolute Gasteiger partial charge is 0.391 e. The molecule has 8 nitrogen and oxygen atoms in total. The van der Waals surface area contributed by atoms with Gasteiger partial charge in [-0.2, -0.15) is 27.1 Å².